The highest BCUT2D eigenvalue weighted by atomic mass is 35.5. The van der Waals surface area contributed by atoms with Crippen molar-refractivity contribution in [3.05, 3.63) is 34.9 Å². The van der Waals surface area contributed by atoms with Crippen LogP contribution in [0.1, 0.15) is 32.3 Å². The smallest absolute Gasteiger partial charge is 0.241 e. The fourth-order valence-electron chi connectivity index (χ4n) is 2.66. The minimum atomic E-state index is -3.66. The van der Waals surface area contributed by atoms with Crippen LogP contribution in [0.3, 0.4) is 0 Å². The van der Waals surface area contributed by atoms with E-state index in [1.165, 1.54) is 0 Å². The van der Waals surface area contributed by atoms with Crippen LogP contribution in [0.4, 0.5) is 0 Å². The van der Waals surface area contributed by atoms with Crippen molar-refractivity contribution in [1.29, 1.82) is 0 Å². The quantitative estimate of drug-likeness (QED) is 0.849. The summed E-state index contributed by atoms with van der Waals surface area (Å²) in [5.41, 5.74) is 0.526. The third-order valence-electron chi connectivity index (χ3n) is 3.96. The van der Waals surface area contributed by atoms with E-state index < -0.39 is 16.1 Å². The molecule has 128 valence electrons. The first-order valence-corrected chi connectivity index (χ1v) is 9.85. The standard InChI is InChI=1S/C16H23ClN2O3S/c1-12(2)15(16(20)19-9-5-6-10-19)18-23(21,22)11-13-7-3-4-8-14(13)17/h3-4,7-8,12,15,18H,5-6,9-11H2,1-2H3/t15-/m0/s1. The normalized spacial score (nSPS) is 16.8. The first-order valence-electron chi connectivity index (χ1n) is 7.82. The van der Waals surface area contributed by atoms with Crippen molar-refractivity contribution >= 4 is 27.5 Å². The Morgan fingerprint density at radius 3 is 2.43 bits per heavy atom. The molecule has 0 spiro atoms. The summed E-state index contributed by atoms with van der Waals surface area (Å²) < 4.78 is 27.5. The van der Waals surface area contributed by atoms with Crippen LogP contribution in [0, 0.1) is 5.92 Å². The molecule has 1 aliphatic heterocycles. The Kier molecular flexibility index (Phi) is 6.06. The molecule has 0 unspecified atom stereocenters. The predicted molar refractivity (Wildman–Crippen MR) is 91.7 cm³/mol. The van der Waals surface area contributed by atoms with E-state index in [0.29, 0.717) is 23.7 Å². The van der Waals surface area contributed by atoms with Crippen molar-refractivity contribution in [2.45, 2.75) is 38.5 Å². The number of amides is 1. The minimum absolute atomic E-state index is 0.121. The van der Waals surface area contributed by atoms with Crippen molar-refractivity contribution in [3.8, 4) is 0 Å². The average molecular weight is 359 g/mol. The highest BCUT2D eigenvalue weighted by molar-refractivity contribution is 7.88. The number of likely N-dealkylation sites (tertiary alicyclic amines) is 1. The second-order valence-corrected chi connectivity index (χ2v) is 8.38. The molecule has 1 amide bonds. The van der Waals surface area contributed by atoms with Gasteiger partial charge in [-0.05, 0) is 30.4 Å². The Bertz CT molecular complexity index is 655. The monoisotopic (exact) mass is 358 g/mol. The number of carbonyl (C=O) groups excluding carboxylic acids is 1. The summed E-state index contributed by atoms with van der Waals surface area (Å²) in [5.74, 6) is -0.493. The van der Waals surface area contributed by atoms with Gasteiger partial charge in [-0.3, -0.25) is 4.79 Å². The Hall–Kier alpha value is -1.11. The molecule has 23 heavy (non-hydrogen) atoms. The highest BCUT2D eigenvalue weighted by Crippen LogP contribution is 2.19. The summed E-state index contributed by atoms with van der Waals surface area (Å²) in [6, 6.07) is 6.09. The van der Waals surface area contributed by atoms with E-state index in [1.807, 2.05) is 13.8 Å². The van der Waals surface area contributed by atoms with Crippen LogP contribution in [0.25, 0.3) is 0 Å². The number of nitrogens with one attached hydrogen (secondary N) is 1. The van der Waals surface area contributed by atoms with Gasteiger partial charge in [0.2, 0.25) is 15.9 Å². The lowest BCUT2D eigenvalue weighted by atomic mass is 10.0. The van der Waals surface area contributed by atoms with Gasteiger partial charge in [0.15, 0.2) is 0 Å². The molecule has 0 bridgehead atoms. The molecule has 2 rings (SSSR count). The first-order chi connectivity index (χ1) is 10.8. The number of rotatable bonds is 6. The summed E-state index contributed by atoms with van der Waals surface area (Å²) in [7, 11) is -3.66. The van der Waals surface area contributed by atoms with Crippen molar-refractivity contribution in [1.82, 2.24) is 9.62 Å². The summed E-state index contributed by atoms with van der Waals surface area (Å²) in [4.78, 5) is 14.3. The molecule has 5 nitrogen and oxygen atoms in total. The maximum absolute atomic E-state index is 12.6. The van der Waals surface area contributed by atoms with Crippen LogP contribution in [0.5, 0.6) is 0 Å². The van der Waals surface area contributed by atoms with E-state index in [-0.39, 0.29) is 17.6 Å². The molecule has 1 fully saturated rings. The summed E-state index contributed by atoms with van der Waals surface area (Å²) in [5, 5.41) is 0.407. The molecule has 1 aromatic rings. The van der Waals surface area contributed by atoms with E-state index in [2.05, 4.69) is 4.72 Å². The van der Waals surface area contributed by atoms with E-state index in [1.54, 1.807) is 29.2 Å². The first kappa shape index (κ1) is 18.2. The van der Waals surface area contributed by atoms with Gasteiger partial charge >= 0.3 is 0 Å². The van der Waals surface area contributed by atoms with Gasteiger partial charge in [0.25, 0.3) is 0 Å². The lowest BCUT2D eigenvalue weighted by Gasteiger charge is -2.26. The number of hydrogen-bond donors (Lipinski definition) is 1. The van der Waals surface area contributed by atoms with Crippen LogP contribution in [0.2, 0.25) is 5.02 Å². The molecule has 1 N–H and O–H groups in total. The van der Waals surface area contributed by atoms with Gasteiger partial charge in [0.1, 0.15) is 6.04 Å². The zero-order valence-corrected chi connectivity index (χ0v) is 15.0. The van der Waals surface area contributed by atoms with E-state index in [9.17, 15) is 13.2 Å². The molecule has 1 saturated heterocycles. The zero-order chi connectivity index (χ0) is 17.0. The number of sulfonamides is 1. The van der Waals surface area contributed by atoms with Crippen LogP contribution < -0.4 is 4.72 Å². The second kappa shape index (κ2) is 7.64. The largest absolute Gasteiger partial charge is 0.341 e. The lowest BCUT2D eigenvalue weighted by Crippen LogP contribution is -2.50. The average Bonchev–Trinajstić information content (AvgIpc) is 3.00. The maximum Gasteiger partial charge on any atom is 0.241 e. The van der Waals surface area contributed by atoms with Gasteiger partial charge in [-0.1, -0.05) is 43.6 Å². The van der Waals surface area contributed by atoms with Crippen molar-refractivity contribution < 1.29 is 13.2 Å². The Morgan fingerprint density at radius 1 is 1.26 bits per heavy atom. The van der Waals surface area contributed by atoms with Crippen LogP contribution in [-0.2, 0) is 20.6 Å². The van der Waals surface area contributed by atoms with E-state index in [0.717, 1.165) is 12.8 Å². The molecule has 1 aromatic carbocycles. The fourth-order valence-corrected chi connectivity index (χ4v) is 4.45. The lowest BCUT2D eigenvalue weighted by molar-refractivity contribution is -0.132. The van der Waals surface area contributed by atoms with Crippen molar-refractivity contribution in [2.75, 3.05) is 13.1 Å². The third kappa shape index (κ3) is 4.93. The number of hydrogen-bond acceptors (Lipinski definition) is 3. The molecule has 7 heteroatoms. The Balaban J connectivity index is 2.12. The van der Waals surface area contributed by atoms with Gasteiger partial charge in [0.05, 0.1) is 5.75 Å². The van der Waals surface area contributed by atoms with Crippen LogP contribution in [0.15, 0.2) is 24.3 Å². The molecule has 0 aliphatic carbocycles. The summed E-state index contributed by atoms with van der Waals surface area (Å²) >= 11 is 6.03. The van der Waals surface area contributed by atoms with E-state index >= 15 is 0 Å². The molecule has 0 aromatic heterocycles. The molecular formula is C16H23ClN2O3S. The molecule has 1 heterocycles. The maximum atomic E-state index is 12.6. The van der Waals surface area contributed by atoms with Gasteiger partial charge in [0, 0.05) is 18.1 Å². The van der Waals surface area contributed by atoms with Crippen LogP contribution >= 0.6 is 11.6 Å². The molecular weight excluding hydrogens is 336 g/mol. The van der Waals surface area contributed by atoms with Crippen molar-refractivity contribution in [3.63, 3.8) is 0 Å². The van der Waals surface area contributed by atoms with Gasteiger partial charge in [-0.25, -0.2) is 13.1 Å². The Labute approximate surface area is 143 Å². The number of halogens is 1. The van der Waals surface area contributed by atoms with Gasteiger partial charge in [-0.2, -0.15) is 0 Å². The second-order valence-electron chi connectivity index (χ2n) is 6.22. The minimum Gasteiger partial charge on any atom is -0.341 e. The number of carbonyl (C=O) groups is 1. The topological polar surface area (TPSA) is 66.5 Å². The SMILES string of the molecule is CC(C)[C@H](NS(=O)(=O)Cc1ccccc1Cl)C(=O)N1CCCC1. The summed E-state index contributed by atoms with van der Waals surface area (Å²) in [6.45, 7) is 5.09. The van der Waals surface area contributed by atoms with Crippen LogP contribution in [-0.4, -0.2) is 38.4 Å². The molecule has 0 saturated carbocycles. The number of nitrogens with zero attached hydrogens (tertiary/aromatic N) is 1. The van der Waals surface area contributed by atoms with E-state index in [4.69, 9.17) is 11.6 Å². The Morgan fingerprint density at radius 2 is 1.87 bits per heavy atom. The zero-order valence-electron chi connectivity index (χ0n) is 13.5. The number of benzene rings is 1. The molecule has 1 aliphatic rings. The van der Waals surface area contributed by atoms with Crippen molar-refractivity contribution in [2.24, 2.45) is 5.92 Å². The fraction of sp³-hybridized carbons (Fsp3) is 0.562. The predicted octanol–water partition coefficient (Wildman–Crippen LogP) is 2.41. The van der Waals surface area contributed by atoms with Gasteiger partial charge in [-0.15, -0.1) is 0 Å². The summed E-state index contributed by atoms with van der Waals surface area (Å²) in [6.07, 6.45) is 1.95. The highest BCUT2D eigenvalue weighted by Gasteiger charge is 2.32. The molecule has 0 radical (unpaired) electrons. The molecule has 1 atom stereocenters. The third-order valence-corrected chi connectivity index (χ3v) is 5.63. The van der Waals surface area contributed by atoms with Gasteiger partial charge < -0.3 is 4.90 Å².